The maximum absolute atomic E-state index is 5.77. The zero-order valence-corrected chi connectivity index (χ0v) is 9.60. The van der Waals surface area contributed by atoms with Crippen molar-refractivity contribution < 1.29 is 4.74 Å². The molecular formula is C11H16N4O. The van der Waals surface area contributed by atoms with Gasteiger partial charge in [0.05, 0.1) is 29.6 Å². The molecule has 0 aliphatic carbocycles. The molecule has 1 aromatic heterocycles. The molecule has 2 aliphatic rings. The number of ether oxygens (including phenoxy) is 1. The summed E-state index contributed by atoms with van der Waals surface area (Å²) in [7, 11) is 0. The van der Waals surface area contributed by atoms with Crippen LogP contribution in [0.15, 0.2) is 0 Å². The summed E-state index contributed by atoms with van der Waals surface area (Å²) in [5.74, 6) is 0.629. The number of aryl methyl sites for hydroxylation is 2. The number of anilines is 1. The molecule has 86 valence electrons. The van der Waals surface area contributed by atoms with E-state index in [0.717, 1.165) is 24.2 Å². The van der Waals surface area contributed by atoms with Gasteiger partial charge in [0.2, 0.25) is 5.95 Å². The minimum atomic E-state index is 0.343. The van der Waals surface area contributed by atoms with Crippen LogP contribution in [-0.2, 0) is 4.74 Å². The molecule has 3 atom stereocenters. The summed E-state index contributed by atoms with van der Waals surface area (Å²) in [6.45, 7) is 3.87. The molecule has 3 unspecified atom stereocenters. The van der Waals surface area contributed by atoms with Gasteiger partial charge in [-0.2, -0.15) is 5.10 Å². The van der Waals surface area contributed by atoms with E-state index < -0.39 is 0 Å². The third-order valence-corrected chi connectivity index (χ3v) is 3.51. The van der Waals surface area contributed by atoms with Gasteiger partial charge in [0.25, 0.3) is 0 Å². The lowest BCUT2D eigenvalue weighted by Gasteiger charge is -2.19. The SMILES string of the molecule is Cc1nnc(NC2CC3CCC2O3)nc1C. The Bertz CT molecular complexity index is 409. The highest BCUT2D eigenvalue weighted by atomic mass is 16.5. The summed E-state index contributed by atoms with van der Waals surface area (Å²) in [5, 5.41) is 11.5. The van der Waals surface area contributed by atoms with Crippen molar-refractivity contribution in [1.29, 1.82) is 0 Å². The molecule has 3 rings (SSSR count). The van der Waals surface area contributed by atoms with Crippen LogP contribution < -0.4 is 5.32 Å². The normalized spacial score (nSPS) is 32.0. The summed E-state index contributed by atoms with van der Waals surface area (Å²) >= 11 is 0. The maximum atomic E-state index is 5.77. The number of fused-ring (bicyclic) bond motifs is 2. The molecule has 2 saturated heterocycles. The number of rotatable bonds is 2. The van der Waals surface area contributed by atoms with E-state index in [-0.39, 0.29) is 0 Å². The molecule has 0 spiro atoms. The molecule has 2 bridgehead atoms. The fourth-order valence-electron chi connectivity index (χ4n) is 2.47. The second-order valence-electron chi connectivity index (χ2n) is 4.67. The van der Waals surface area contributed by atoms with Gasteiger partial charge in [0.15, 0.2) is 0 Å². The van der Waals surface area contributed by atoms with E-state index in [4.69, 9.17) is 4.74 Å². The van der Waals surface area contributed by atoms with E-state index in [1.165, 1.54) is 6.42 Å². The molecule has 5 heteroatoms. The average Bonchev–Trinajstić information content (AvgIpc) is 2.85. The Kier molecular flexibility index (Phi) is 2.28. The van der Waals surface area contributed by atoms with Gasteiger partial charge in [-0.1, -0.05) is 0 Å². The third-order valence-electron chi connectivity index (χ3n) is 3.51. The summed E-state index contributed by atoms with van der Waals surface area (Å²) in [6.07, 6.45) is 4.22. The van der Waals surface area contributed by atoms with E-state index in [1.807, 2.05) is 13.8 Å². The highest BCUT2D eigenvalue weighted by Gasteiger charge is 2.41. The Labute approximate surface area is 94.6 Å². The van der Waals surface area contributed by atoms with Crippen LogP contribution in [0.1, 0.15) is 30.7 Å². The van der Waals surface area contributed by atoms with Crippen LogP contribution >= 0.6 is 0 Å². The van der Waals surface area contributed by atoms with Gasteiger partial charge < -0.3 is 10.1 Å². The molecule has 3 heterocycles. The van der Waals surface area contributed by atoms with Crippen molar-refractivity contribution in [1.82, 2.24) is 15.2 Å². The standard InChI is InChI=1S/C11H16N4O/c1-6-7(2)14-15-11(12-6)13-9-5-8-3-4-10(9)16-8/h8-10H,3-5H2,1-2H3,(H,12,13,15). The first-order valence-corrected chi connectivity index (χ1v) is 5.82. The zero-order valence-electron chi connectivity index (χ0n) is 9.60. The molecule has 0 aromatic carbocycles. The Morgan fingerprint density at radius 1 is 1.19 bits per heavy atom. The number of nitrogens with one attached hydrogen (secondary N) is 1. The van der Waals surface area contributed by atoms with Gasteiger partial charge in [-0.25, -0.2) is 4.98 Å². The first-order valence-electron chi connectivity index (χ1n) is 5.82. The summed E-state index contributed by atoms with van der Waals surface area (Å²) in [6, 6.07) is 0.364. The molecule has 16 heavy (non-hydrogen) atoms. The highest BCUT2D eigenvalue weighted by molar-refractivity contribution is 5.28. The zero-order chi connectivity index (χ0) is 11.1. The first kappa shape index (κ1) is 9.96. The number of aromatic nitrogens is 3. The van der Waals surface area contributed by atoms with Gasteiger partial charge >= 0.3 is 0 Å². The molecule has 0 amide bonds. The van der Waals surface area contributed by atoms with E-state index in [1.54, 1.807) is 0 Å². The van der Waals surface area contributed by atoms with Gasteiger partial charge in [0.1, 0.15) is 0 Å². The maximum Gasteiger partial charge on any atom is 0.243 e. The van der Waals surface area contributed by atoms with Gasteiger partial charge in [0, 0.05) is 0 Å². The van der Waals surface area contributed by atoms with E-state index >= 15 is 0 Å². The molecule has 1 N–H and O–H groups in total. The largest absolute Gasteiger partial charge is 0.373 e. The van der Waals surface area contributed by atoms with Gasteiger partial charge in [-0.15, -0.1) is 5.10 Å². The number of hydrogen-bond acceptors (Lipinski definition) is 5. The lowest BCUT2D eigenvalue weighted by atomic mass is 9.96. The Balaban J connectivity index is 1.72. The monoisotopic (exact) mass is 220 g/mol. The summed E-state index contributed by atoms with van der Waals surface area (Å²) < 4.78 is 5.77. The van der Waals surface area contributed by atoms with Crippen LogP contribution in [0.25, 0.3) is 0 Å². The van der Waals surface area contributed by atoms with Crippen LogP contribution in [0, 0.1) is 13.8 Å². The number of nitrogens with zero attached hydrogens (tertiary/aromatic N) is 3. The van der Waals surface area contributed by atoms with Gasteiger partial charge in [-0.05, 0) is 33.1 Å². The molecule has 0 saturated carbocycles. The van der Waals surface area contributed by atoms with Crippen molar-refractivity contribution in [3.8, 4) is 0 Å². The average molecular weight is 220 g/mol. The van der Waals surface area contributed by atoms with Gasteiger partial charge in [-0.3, -0.25) is 0 Å². The second-order valence-corrected chi connectivity index (χ2v) is 4.67. The topological polar surface area (TPSA) is 59.9 Å². The summed E-state index contributed by atoms with van der Waals surface area (Å²) in [5.41, 5.74) is 1.82. The lowest BCUT2D eigenvalue weighted by molar-refractivity contribution is 0.102. The first-order chi connectivity index (χ1) is 7.72. The fraction of sp³-hybridized carbons (Fsp3) is 0.727. The van der Waals surface area contributed by atoms with Crippen LogP contribution in [0.4, 0.5) is 5.95 Å². The molecule has 2 fully saturated rings. The second kappa shape index (κ2) is 3.66. The quantitative estimate of drug-likeness (QED) is 0.812. The van der Waals surface area contributed by atoms with Crippen molar-refractivity contribution in [2.24, 2.45) is 0 Å². The number of hydrogen-bond donors (Lipinski definition) is 1. The van der Waals surface area contributed by atoms with Crippen molar-refractivity contribution in [3.63, 3.8) is 0 Å². The van der Waals surface area contributed by atoms with Crippen LogP contribution in [0.5, 0.6) is 0 Å². The lowest BCUT2D eigenvalue weighted by Crippen LogP contribution is -2.31. The smallest absolute Gasteiger partial charge is 0.243 e. The summed E-state index contributed by atoms with van der Waals surface area (Å²) in [4.78, 5) is 4.38. The van der Waals surface area contributed by atoms with Crippen LogP contribution in [-0.4, -0.2) is 33.4 Å². The molecule has 0 radical (unpaired) electrons. The molecular weight excluding hydrogens is 204 g/mol. The molecule has 5 nitrogen and oxygen atoms in total. The Morgan fingerprint density at radius 3 is 2.69 bits per heavy atom. The van der Waals surface area contributed by atoms with Crippen LogP contribution in [0.3, 0.4) is 0 Å². The van der Waals surface area contributed by atoms with Crippen molar-refractivity contribution in [2.75, 3.05) is 5.32 Å². The minimum absolute atomic E-state index is 0.343. The van der Waals surface area contributed by atoms with Crippen molar-refractivity contribution in [2.45, 2.75) is 51.4 Å². The van der Waals surface area contributed by atoms with Crippen LogP contribution in [0.2, 0.25) is 0 Å². The van der Waals surface area contributed by atoms with Crippen molar-refractivity contribution in [3.05, 3.63) is 11.4 Å². The van der Waals surface area contributed by atoms with E-state index in [9.17, 15) is 0 Å². The Hall–Kier alpha value is -1.23. The third kappa shape index (κ3) is 1.65. The predicted molar refractivity (Wildman–Crippen MR) is 59.2 cm³/mol. The van der Waals surface area contributed by atoms with E-state index in [0.29, 0.717) is 24.2 Å². The molecule has 1 aromatic rings. The highest BCUT2D eigenvalue weighted by Crippen LogP contribution is 2.35. The fourth-order valence-corrected chi connectivity index (χ4v) is 2.47. The Morgan fingerprint density at radius 2 is 2.06 bits per heavy atom. The predicted octanol–water partition coefficient (Wildman–Crippen LogP) is 1.22. The molecule has 2 aliphatic heterocycles. The van der Waals surface area contributed by atoms with Crippen molar-refractivity contribution >= 4 is 5.95 Å². The van der Waals surface area contributed by atoms with E-state index in [2.05, 4.69) is 20.5 Å². The minimum Gasteiger partial charge on any atom is -0.373 e.